The molecular formula is C22H25N3O6S. The summed E-state index contributed by atoms with van der Waals surface area (Å²) in [4.78, 5) is 39.9. The Hall–Kier alpha value is -2.93. The number of aliphatic carboxylic acids is 1. The van der Waals surface area contributed by atoms with Crippen LogP contribution in [0.3, 0.4) is 0 Å². The first-order valence-corrected chi connectivity index (χ1v) is 12.2. The number of carboxylic acid groups (broad SMARTS) is 1. The van der Waals surface area contributed by atoms with Gasteiger partial charge in [-0.3, -0.25) is 14.4 Å². The lowest BCUT2D eigenvalue weighted by atomic mass is 9.70. The van der Waals surface area contributed by atoms with E-state index >= 15 is 0 Å². The van der Waals surface area contributed by atoms with Crippen LogP contribution in [0.2, 0.25) is 0 Å². The SMILES string of the molecule is N#CC1(C(N)=O)CC1[C@]1(C(=O)O)C[C@H](S(=O)(=O)c2ccccc2)C[C@H]1C(=O)N1CCCC1. The molecule has 1 aromatic carbocycles. The lowest BCUT2D eigenvalue weighted by Gasteiger charge is -2.34. The monoisotopic (exact) mass is 459 g/mol. The fourth-order valence-corrected chi connectivity index (χ4v) is 7.56. The molecule has 2 amide bonds. The van der Waals surface area contributed by atoms with E-state index < -0.39 is 55.5 Å². The third-order valence-electron chi connectivity index (χ3n) is 7.53. The highest BCUT2D eigenvalue weighted by Gasteiger charge is 2.76. The van der Waals surface area contributed by atoms with Crippen molar-refractivity contribution in [3.63, 3.8) is 0 Å². The number of primary amides is 1. The maximum absolute atomic E-state index is 13.4. The van der Waals surface area contributed by atoms with Crippen LogP contribution >= 0.6 is 0 Å². The van der Waals surface area contributed by atoms with Gasteiger partial charge in [-0.2, -0.15) is 5.26 Å². The van der Waals surface area contributed by atoms with Gasteiger partial charge in [-0.05, 0) is 44.2 Å². The summed E-state index contributed by atoms with van der Waals surface area (Å²) in [5.41, 5.74) is 1.90. The van der Waals surface area contributed by atoms with Gasteiger partial charge in [-0.15, -0.1) is 0 Å². The maximum atomic E-state index is 13.4. The Balaban J connectivity index is 1.80. The summed E-state index contributed by atoms with van der Waals surface area (Å²) in [5, 5.41) is 18.9. The van der Waals surface area contributed by atoms with Crippen LogP contribution < -0.4 is 5.73 Å². The molecule has 1 saturated heterocycles. The molecule has 32 heavy (non-hydrogen) atoms. The fraction of sp³-hybridized carbons (Fsp3) is 0.545. The lowest BCUT2D eigenvalue weighted by Crippen LogP contribution is -2.47. The summed E-state index contributed by atoms with van der Waals surface area (Å²) in [5.74, 6) is -4.88. The van der Waals surface area contributed by atoms with Crippen LogP contribution in [-0.4, -0.2) is 54.5 Å². The minimum Gasteiger partial charge on any atom is -0.481 e. The molecule has 1 aromatic rings. The van der Waals surface area contributed by atoms with E-state index in [1.54, 1.807) is 23.1 Å². The molecule has 3 N–H and O–H groups in total. The molecule has 0 aromatic heterocycles. The van der Waals surface area contributed by atoms with Crippen molar-refractivity contribution in [2.45, 2.75) is 42.2 Å². The second-order valence-electron chi connectivity index (χ2n) is 9.05. The van der Waals surface area contributed by atoms with E-state index in [0.717, 1.165) is 12.8 Å². The number of carbonyl (C=O) groups excluding carboxylic acids is 2. The molecule has 9 nitrogen and oxygen atoms in total. The van der Waals surface area contributed by atoms with Crippen LogP contribution in [0, 0.1) is 34.0 Å². The number of rotatable bonds is 6. The van der Waals surface area contributed by atoms with Crippen LogP contribution in [0.4, 0.5) is 0 Å². The van der Waals surface area contributed by atoms with Gasteiger partial charge in [-0.1, -0.05) is 18.2 Å². The molecular weight excluding hydrogens is 434 g/mol. The Labute approximate surface area is 186 Å². The normalized spacial score (nSPS) is 34.1. The summed E-state index contributed by atoms with van der Waals surface area (Å²) < 4.78 is 26.7. The zero-order valence-corrected chi connectivity index (χ0v) is 18.3. The van der Waals surface area contributed by atoms with Gasteiger partial charge in [0.1, 0.15) is 5.41 Å². The summed E-state index contributed by atoms with van der Waals surface area (Å²) in [6.07, 6.45) is 0.974. The average Bonchev–Trinajstić information content (AvgIpc) is 3.13. The van der Waals surface area contributed by atoms with Crippen molar-refractivity contribution >= 4 is 27.6 Å². The molecule has 0 spiro atoms. The van der Waals surface area contributed by atoms with Crippen LogP contribution in [-0.2, 0) is 24.2 Å². The Kier molecular flexibility index (Phi) is 5.28. The van der Waals surface area contributed by atoms with Gasteiger partial charge in [0.05, 0.1) is 27.5 Å². The van der Waals surface area contributed by atoms with Crippen molar-refractivity contribution in [3.8, 4) is 6.07 Å². The second-order valence-corrected chi connectivity index (χ2v) is 11.3. The van der Waals surface area contributed by atoms with E-state index in [2.05, 4.69) is 0 Å². The molecule has 4 rings (SSSR count). The smallest absolute Gasteiger partial charge is 0.310 e. The van der Waals surface area contributed by atoms with Crippen LogP contribution in [0.25, 0.3) is 0 Å². The van der Waals surface area contributed by atoms with Gasteiger partial charge in [0.25, 0.3) is 0 Å². The number of amides is 2. The Bertz CT molecular complexity index is 1110. The number of likely N-dealkylation sites (tertiary alicyclic amines) is 1. The summed E-state index contributed by atoms with van der Waals surface area (Å²) >= 11 is 0. The van der Waals surface area contributed by atoms with E-state index in [4.69, 9.17) is 5.73 Å². The number of benzene rings is 1. The van der Waals surface area contributed by atoms with Crippen LogP contribution in [0.15, 0.2) is 35.2 Å². The molecule has 3 fully saturated rings. The third-order valence-corrected chi connectivity index (χ3v) is 9.70. The molecule has 2 saturated carbocycles. The molecule has 5 atom stereocenters. The average molecular weight is 460 g/mol. The molecule has 1 aliphatic heterocycles. The molecule has 10 heteroatoms. The van der Waals surface area contributed by atoms with E-state index in [0.29, 0.717) is 13.1 Å². The Morgan fingerprint density at radius 2 is 1.75 bits per heavy atom. The van der Waals surface area contributed by atoms with Gasteiger partial charge in [0.15, 0.2) is 9.84 Å². The topological polar surface area (TPSA) is 159 Å². The molecule has 2 unspecified atom stereocenters. The zero-order valence-electron chi connectivity index (χ0n) is 17.4. The van der Waals surface area contributed by atoms with E-state index in [-0.39, 0.29) is 24.2 Å². The largest absolute Gasteiger partial charge is 0.481 e. The van der Waals surface area contributed by atoms with Crippen LogP contribution in [0.1, 0.15) is 32.1 Å². The van der Waals surface area contributed by atoms with Gasteiger partial charge >= 0.3 is 5.97 Å². The van der Waals surface area contributed by atoms with Crippen molar-refractivity contribution in [3.05, 3.63) is 30.3 Å². The minimum absolute atomic E-state index is 0.0517. The first-order chi connectivity index (χ1) is 15.1. The number of hydrogen-bond acceptors (Lipinski definition) is 6. The standard InChI is InChI=1S/C22H25N3O6S/c23-13-21(19(24)27)12-17(21)22(20(28)29)11-15(32(30,31)14-6-2-1-3-7-14)10-16(22)18(26)25-8-4-5-9-25/h1-3,6-7,15-17H,4-5,8-12H2,(H2,24,27)(H,28,29)/t15-,16+,17?,21?,22+/m1/s1. The second kappa shape index (κ2) is 7.59. The van der Waals surface area contributed by atoms with E-state index in [9.17, 15) is 33.2 Å². The first-order valence-electron chi connectivity index (χ1n) is 10.6. The maximum Gasteiger partial charge on any atom is 0.310 e. The number of hydrogen-bond donors (Lipinski definition) is 2. The molecule has 2 aliphatic carbocycles. The van der Waals surface area contributed by atoms with Crippen molar-refractivity contribution in [1.29, 1.82) is 5.26 Å². The minimum atomic E-state index is -3.94. The molecule has 0 bridgehead atoms. The van der Waals surface area contributed by atoms with Crippen LogP contribution in [0.5, 0.6) is 0 Å². The van der Waals surface area contributed by atoms with Gasteiger partial charge < -0.3 is 15.7 Å². The van der Waals surface area contributed by atoms with Crippen molar-refractivity contribution in [2.75, 3.05) is 13.1 Å². The lowest BCUT2D eigenvalue weighted by molar-refractivity contribution is -0.160. The third kappa shape index (κ3) is 3.10. The predicted molar refractivity (Wildman–Crippen MR) is 111 cm³/mol. The van der Waals surface area contributed by atoms with E-state index in [1.165, 1.54) is 12.1 Å². The molecule has 3 aliphatic rings. The van der Waals surface area contributed by atoms with Gasteiger partial charge in [0.2, 0.25) is 11.8 Å². The van der Waals surface area contributed by atoms with Gasteiger partial charge in [0, 0.05) is 19.0 Å². The highest BCUT2D eigenvalue weighted by Crippen LogP contribution is 2.68. The number of carbonyl (C=O) groups is 3. The summed E-state index contributed by atoms with van der Waals surface area (Å²) in [6, 6.07) is 9.56. The Morgan fingerprint density at radius 3 is 2.25 bits per heavy atom. The molecule has 170 valence electrons. The molecule has 0 radical (unpaired) electrons. The van der Waals surface area contributed by atoms with E-state index in [1.807, 2.05) is 6.07 Å². The highest BCUT2D eigenvalue weighted by atomic mass is 32.2. The Morgan fingerprint density at radius 1 is 1.12 bits per heavy atom. The van der Waals surface area contributed by atoms with Crippen molar-refractivity contribution in [1.82, 2.24) is 4.90 Å². The van der Waals surface area contributed by atoms with Gasteiger partial charge in [-0.25, -0.2) is 8.42 Å². The number of nitrogens with two attached hydrogens (primary N) is 1. The van der Waals surface area contributed by atoms with Crippen molar-refractivity contribution < 1.29 is 27.9 Å². The summed E-state index contributed by atoms with van der Waals surface area (Å²) in [7, 11) is -3.94. The number of carboxylic acids is 1. The van der Waals surface area contributed by atoms with Crippen molar-refractivity contribution in [2.24, 2.45) is 28.4 Å². The zero-order chi connectivity index (χ0) is 23.3. The first kappa shape index (κ1) is 22.3. The predicted octanol–water partition coefficient (Wildman–Crippen LogP) is 0.947. The number of sulfone groups is 1. The quantitative estimate of drug-likeness (QED) is 0.640. The highest BCUT2D eigenvalue weighted by molar-refractivity contribution is 7.92. The summed E-state index contributed by atoms with van der Waals surface area (Å²) in [6.45, 7) is 0.954. The number of nitrogens with zero attached hydrogens (tertiary/aromatic N) is 2. The number of nitriles is 1. The molecule has 1 heterocycles. The fourth-order valence-electron chi connectivity index (χ4n) is 5.70.